The van der Waals surface area contributed by atoms with E-state index in [9.17, 15) is 19.8 Å². The average Bonchev–Trinajstić information content (AvgIpc) is 3.31. The van der Waals surface area contributed by atoms with Crippen molar-refractivity contribution in [3.8, 4) is 0 Å². The topological polar surface area (TPSA) is 95.9 Å². The molecule has 3 N–H and O–H groups in total. The van der Waals surface area contributed by atoms with Crippen LogP contribution in [0.25, 0.3) is 0 Å². The van der Waals surface area contributed by atoms with E-state index in [1.807, 2.05) is 0 Å². The molecule has 1 amide bonds. The van der Waals surface area contributed by atoms with Gasteiger partial charge in [-0.1, -0.05) is 250 Å². The number of aliphatic hydroxyl groups is 2. The van der Waals surface area contributed by atoms with Crippen molar-refractivity contribution in [2.75, 3.05) is 13.2 Å². The molecule has 0 saturated heterocycles. The van der Waals surface area contributed by atoms with E-state index in [2.05, 4.69) is 43.5 Å². The molecular weight excluding hydrogens is 803 g/mol. The number of allylic oxidation sites excluding steroid dienone is 4. The number of carbonyl (C=O) groups excluding carboxylic acids is 2. The molecule has 0 heterocycles. The van der Waals surface area contributed by atoms with Gasteiger partial charge >= 0.3 is 5.97 Å². The highest BCUT2D eigenvalue weighted by atomic mass is 16.5. The third-order valence-electron chi connectivity index (χ3n) is 13.5. The molecule has 0 aromatic carbocycles. The largest absolute Gasteiger partial charge is 0.466 e. The number of unbranched alkanes of at least 4 members (excludes halogenated alkanes) is 39. The van der Waals surface area contributed by atoms with Crippen molar-refractivity contribution in [2.24, 2.45) is 0 Å². The number of aliphatic hydroxyl groups excluding tert-OH is 2. The monoisotopic (exact) mass is 916 g/mol. The molecule has 2 unspecified atom stereocenters. The number of amides is 1. The van der Waals surface area contributed by atoms with Gasteiger partial charge < -0.3 is 20.3 Å². The van der Waals surface area contributed by atoms with E-state index < -0.39 is 12.1 Å². The fraction of sp³-hybridized carbons (Fsp3) is 0.898. The zero-order chi connectivity index (χ0) is 47.2. The molecule has 0 saturated carbocycles. The Morgan fingerprint density at radius 3 is 1.09 bits per heavy atom. The van der Waals surface area contributed by atoms with Crippen LogP contribution in [-0.2, 0) is 14.3 Å². The Morgan fingerprint density at radius 1 is 0.415 bits per heavy atom. The molecule has 0 aromatic rings. The summed E-state index contributed by atoms with van der Waals surface area (Å²) in [6.07, 6.45) is 66.1. The molecule has 0 aromatic heterocycles. The van der Waals surface area contributed by atoms with Crippen LogP contribution in [0.1, 0.15) is 316 Å². The number of nitrogens with one attached hydrogen (secondary N) is 1. The molecule has 0 rings (SSSR count). The maximum Gasteiger partial charge on any atom is 0.305 e. The summed E-state index contributed by atoms with van der Waals surface area (Å²) in [5.74, 6) is -0.0417. The average molecular weight is 917 g/mol. The smallest absolute Gasteiger partial charge is 0.305 e. The van der Waals surface area contributed by atoms with Crippen LogP contribution in [0.4, 0.5) is 0 Å². The first kappa shape index (κ1) is 63.3. The van der Waals surface area contributed by atoms with Crippen molar-refractivity contribution in [1.82, 2.24) is 5.32 Å². The first-order chi connectivity index (χ1) is 32.0. The van der Waals surface area contributed by atoms with Crippen LogP contribution >= 0.6 is 0 Å². The fourth-order valence-electron chi connectivity index (χ4n) is 8.98. The van der Waals surface area contributed by atoms with Crippen molar-refractivity contribution < 1.29 is 24.5 Å². The summed E-state index contributed by atoms with van der Waals surface area (Å²) in [7, 11) is 0. The van der Waals surface area contributed by atoms with Gasteiger partial charge in [0, 0.05) is 12.8 Å². The third-order valence-corrected chi connectivity index (χ3v) is 13.5. The Bertz CT molecular complexity index is 1010. The second kappa shape index (κ2) is 54.9. The molecule has 0 radical (unpaired) electrons. The minimum atomic E-state index is -0.668. The van der Waals surface area contributed by atoms with Gasteiger partial charge in [0.15, 0.2) is 0 Å². The van der Waals surface area contributed by atoms with Crippen LogP contribution < -0.4 is 5.32 Å². The maximum atomic E-state index is 12.4. The lowest BCUT2D eigenvalue weighted by atomic mass is 10.0. The number of esters is 1. The molecule has 384 valence electrons. The van der Waals surface area contributed by atoms with E-state index in [1.54, 1.807) is 0 Å². The first-order valence-corrected chi connectivity index (χ1v) is 29.1. The minimum Gasteiger partial charge on any atom is -0.466 e. The normalized spacial score (nSPS) is 12.7. The lowest BCUT2D eigenvalue weighted by molar-refractivity contribution is -0.143. The van der Waals surface area contributed by atoms with Gasteiger partial charge in [0.25, 0.3) is 0 Å². The number of ether oxygens (including phenoxy) is 1. The summed E-state index contributed by atoms with van der Waals surface area (Å²) in [4.78, 5) is 24.5. The van der Waals surface area contributed by atoms with Crippen molar-refractivity contribution in [3.63, 3.8) is 0 Å². The SMILES string of the molecule is CCCCCCCCC/C=C\CCCCCCCCCC(=O)OCCCCCCCCCCC/C=C\CCCCCCCCCC(=O)NC(CO)C(O)CCCCCCCCCCCC. The lowest BCUT2D eigenvalue weighted by Gasteiger charge is -2.22. The van der Waals surface area contributed by atoms with Crippen molar-refractivity contribution >= 4 is 11.9 Å². The number of carbonyl (C=O) groups is 2. The number of hydrogen-bond acceptors (Lipinski definition) is 5. The summed E-state index contributed by atoms with van der Waals surface area (Å²) in [6, 6.07) is -0.546. The summed E-state index contributed by atoms with van der Waals surface area (Å²) in [5, 5.41) is 23.1. The predicted molar refractivity (Wildman–Crippen MR) is 283 cm³/mol. The van der Waals surface area contributed by atoms with E-state index >= 15 is 0 Å². The van der Waals surface area contributed by atoms with Gasteiger partial charge in [0.2, 0.25) is 5.91 Å². The summed E-state index contributed by atoms with van der Waals surface area (Å²) in [6.45, 7) is 4.93. The van der Waals surface area contributed by atoms with E-state index in [0.29, 0.717) is 25.9 Å². The molecule has 6 heteroatoms. The third kappa shape index (κ3) is 51.6. The Kier molecular flexibility index (Phi) is 53.5. The lowest BCUT2D eigenvalue weighted by Crippen LogP contribution is -2.45. The zero-order valence-corrected chi connectivity index (χ0v) is 43.7. The second-order valence-corrected chi connectivity index (χ2v) is 20.0. The van der Waals surface area contributed by atoms with Crippen LogP contribution in [0, 0.1) is 0 Å². The minimum absolute atomic E-state index is 0.00333. The van der Waals surface area contributed by atoms with E-state index in [-0.39, 0.29) is 18.5 Å². The zero-order valence-electron chi connectivity index (χ0n) is 43.7. The van der Waals surface area contributed by atoms with Gasteiger partial charge in [-0.3, -0.25) is 9.59 Å². The van der Waals surface area contributed by atoms with Crippen LogP contribution in [0.3, 0.4) is 0 Å². The van der Waals surface area contributed by atoms with Crippen LogP contribution in [0.2, 0.25) is 0 Å². The van der Waals surface area contributed by atoms with Gasteiger partial charge in [-0.15, -0.1) is 0 Å². The van der Waals surface area contributed by atoms with Gasteiger partial charge in [-0.05, 0) is 77.0 Å². The highest BCUT2D eigenvalue weighted by Crippen LogP contribution is 2.16. The highest BCUT2D eigenvalue weighted by Gasteiger charge is 2.20. The van der Waals surface area contributed by atoms with Gasteiger partial charge in [-0.25, -0.2) is 0 Å². The Morgan fingerprint density at radius 2 is 0.723 bits per heavy atom. The molecule has 0 aliphatic rings. The molecule has 0 spiro atoms. The van der Waals surface area contributed by atoms with E-state index in [4.69, 9.17) is 4.74 Å². The summed E-state index contributed by atoms with van der Waals surface area (Å²) < 4.78 is 5.49. The molecular formula is C59H113NO5. The number of rotatable bonds is 54. The second-order valence-electron chi connectivity index (χ2n) is 20.0. The molecule has 0 bridgehead atoms. The molecule has 0 aliphatic heterocycles. The van der Waals surface area contributed by atoms with Gasteiger partial charge in [0.1, 0.15) is 0 Å². The number of hydrogen-bond donors (Lipinski definition) is 3. The quantitative estimate of drug-likeness (QED) is 0.0321. The highest BCUT2D eigenvalue weighted by molar-refractivity contribution is 5.76. The Hall–Kier alpha value is -1.66. The van der Waals surface area contributed by atoms with Crippen LogP contribution in [0.15, 0.2) is 24.3 Å². The van der Waals surface area contributed by atoms with E-state index in [0.717, 1.165) is 44.9 Å². The van der Waals surface area contributed by atoms with Crippen LogP contribution in [-0.4, -0.2) is 47.4 Å². The fourth-order valence-corrected chi connectivity index (χ4v) is 8.98. The van der Waals surface area contributed by atoms with Crippen molar-refractivity contribution in [3.05, 3.63) is 24.3 Å². The molecule has 2 atom stereocenters. The summed E-state index contributed by atoms with van der Waals surface area (Å²) in [5.41, 5.74) is 0. The summed E-state index contributed by atoms with van der Waals surface area (Å²) >= 11 is 0. The molecule has 6 nitrogen and oxygen atoms in total. The Balaban J connectivity index is 3.39. The van der Waals surface area contributed by atoms with Crippen molar-refractivity contribution in [2.45, 2.75) is 328 Å². The first-order valence-electron chi connectivity index (χ1n) is 29.1. The predicted octanol–water partition coefficient (Wildman–Crippen LogP) is 17.9. The maximum absolute atomic E-state index is 12.4. The molecule has 65 heavy (non-hydrogen) atoms. The van der Waals surface area contributed by atoms with E-state index in [1.165, 1.54) is 238 Å². The van der Waals surface area contributed by atoms with Crippen LogP contribution in [0.5, 0.6) is 0 Å². The van der Waals surface area contributed by atoms with Gasteiger partial charge in [0.05, 0.1) is 25.4 Å². The van der Waals surface area contributed by atoms with Crippen molar-refractivity contribution in [1.29, 1.82) is 0 Å². The molecule has 0 fully saturated rings. The molecule has 0 aliphatic carbocycles. The Labute approximate surface area is 405 Å². The van der Waals surface area contributed by atoms with Gasteiger partial charge in [-0.2, -0.15) is 0 Å². The standard InChI is InChI=1S/C59H113NO5/c1-3-5-7-9-11-13-15-16-17-18-24-27-30-33-37-41-45-49-53-59(64)65-54-50-46-42-38-34-31-28-25-22-20-19-21-23-26-29-32-36-40-44-48-52-58(63)60-56(55-61)57(62)51-47-43-39-35-14-12-10-8-6-4-2/h17-19,21,56-57,61-62H,3-16,20,22-55H2,1-2H3,(H,60,63)/b18-17-,21-19-.